The van der Waals surface area contributed by atoms with Gasteiger partial charge in [0.25, 0.3) is 0 Å². The van der Waals surface area contributed by atoms with E-state index in [9.17, 15) is 0 Å². The maximum absolute atomic E-state index is 6.13. The van der Waals surface area contributed by atoms with E-state index < -0.39 is 0 Å². The predicted octanol–water partition coefficient (Wildman–Crippen LogP) is 4.70. The van der Waals surface area contributed by atoms with Crippen molar-refractivity contribution >= 4 is 23.2 Å². The maximum Gasteiger partial charge on any atom is 0.0453 e. The van der Waals surface area contributed by atoms with Gasteiger partial charge in [-0.3, -0.25) is 0 Å². The first kappa shape index (κ1) is 14.8. The van der Waals surface area contributed by atoms with Gasteiger partial charge in [0.15, 0.2) is 0 Å². The van der Waals surface area contributed by atoms with Crippen LogP contribution in [0.1, 0.15) is 38.7 Å². The highest BCUT2D eigenvalue weighted by molar-refractivity contribution is 6.35. The summed E-state index contributed by atoms with van der Waals surface area (Å²) in [4.78, 5) is 0. The van der Waals surface area contributed by atoms with E-state index in [4.69, 9.17) is 23.2 Å². The minimum absolute atomic E-state index is 0.631. The topological polar surface area (TPSA) is 12.0 Å². The van der Waals surface area contributed by atoms with E-state index in [1.54, 1.807) is 0 Å². The number of hydrogen-bond donors (Lipinski definition) is 1. The predicted molar refractivity (Wildman–Crippen MR) is 77.2 cm³/mol. The van der Waals surface area contributed by atoms with Crippen LogP contribution in [-0.2, 0) is 6.42 Å². The number of rotatable bonds is 7. The van der Waals surface area contributed by atoms with Crippen LogP contribution in [0.25, 0.3) is 0 Å². The molecule has 0 radical (unpaired) electrons. The van der Waals surface area contributed by atoms with E-state index in [0.717, 1.165) is 23.6 Å². The SMILES string of the molecule is CCCC(CC)NCCc1ccc(Cl)cc1Cl. The van der Waals surface area contributed by atoms with E-state index in [0.29, 0.717) is 11.1 Å². The van der Waals surface area contributed by atoms with Crippen LogP contribution in [0, 0.1) is 0 Å². The summed E-state index contributed by atoms with van der Waals surface area (Å²) in [5.41, 5.74) is 1.16. The Morgan fingerprint density at radius 3 is 2.59 bits per heavy atom. The van der Waals surface area contributed by atoms with Gasteiger partial charge >= 0.3 is 0 Å². The lowest BCUT2D eigenvalue weighted by Crippen LogP contribution is -2.30. The molecule has 0 aliphatic heterocycles. The van der Waals surface area contributed by atoms with Crippen LogP contribution in [0.15, 0.2) is 18.2 Å². The number of halogens is 2. The Morgan fingerprint density at radius 1 is 1.24 bits per heavy atom. The second-order valence-electron chi connectivity index (χ2n) is 4.33. The molecular formula is C14H21Cl2N. The quantitative estimate of drug-likeness (QED) is 0.759. The molecule has 0 aromatic heterocycles. The fourth-order valence-corrected chi connectivity index (χ4v) is 2.44. The zero-order valence-corrected chi connectivity index (χ0v) is 12.1. The summed E-state index contributed by atoms with van der Waals surface area (Å²) in [5, 5.41) is 5.03. The number of hydrogen-bond acceptors (Lipinski definition) is 1. The molecule has 1 nitrogen and oxygen atoms in total. The van der Waals surface area contributed by atoms with E-state index in [1.807, 2.05) is 18.2 Å². The molecule has 1 atom stereocenters. The fraction of sp³-hybridized carbons (Fsp3) is 0.571. The first-order chi connectivity index (χ1) is 8.17. The molecule has 0 bridgehead atoms. The second kappa shape index (κ2) is 7.97. The van der Waals surface area contributed by atoms with Crippen molar-refractivity contribution in [3.05, 3.63) is 33.8 Å². The lowest BCUT2D eigenvalue weighted by Gasteiger charge is -2.16. The van der Waals surface area contributed by atoms with Crippen LogP contribution >= 0.6 is 23.2 Å². The Balaban J connectivity index is 2.39. The van der Waals surface area contributed by atoms with Crippen molar-refractivity contribution in [2.75, 3.05) is 6.54 Å². The standard InChI is InChI=1S/C14H21Cl2N/c1-3-5-13(4-2)17-9-8-11-6-7-12(15)10-14(11)16/h6-7,10,13,17H,3-5,8-9H2,1-2H3. The molecule has 0 aliphatic carbocycles. The monoisotopic (exact) mass is 273 g/mol. The van der Waals surface area contributed by atoms with Gasteiger partial charge < -0.3 is 5.32 Å². The number of benzene rings is 1. The van der Waals surface area contributed by atoms with Crippen molar-refractivity contribution < 1.29 is 0 Å². The molecule has 1 aromatic rings. The average molecular weight is 274 g/mol. The highest BCUT2D eigenvalue weighted by Crippen LogP contribution is 2.21. The van der Waals surface area contributed by atoms with Crippen LogP contribution in [0.3, 0.4) is 0 Å². The summed E-state index contributed by atoms with van der Waals surface area (Å²) in [7, 11) is 0. The lowest BCUT2D eigenvalue weighted by atomic mass is 10.1. The van der Waals surface area contributed by atoms with Crippen LogP contribution in [0.2, 0.25) is 10.0 Å². The minimum Gasteiger partial charge on any atom is -0.314 e. The Kier molecular flexibility index (Phi) is 6.94. The zero-order chi connectivity index (χ0) is 12.7. The van der Waals surface area contributed by atoms with Crippen molar-refractivity contribution in [1.82, 2.24) is 5.32 Å². The second-order valence-corrected chi connectivity index (χ2v) is 5.18. The molecule has 1 N–H and O–H groups in total. The van der Waals surface area contributed by atoms with Gasteiger partial charge in [-0.2, -0.15) is 0 Å². The molecule has 0 aliphatic rings. The van der Waals surface area contributed by atoms with Gasteiger partial charge in [-0.1, -0.05) is 49.5 Å². The number of nitrogens with one attached hydrogen (secondary N) is 1. The van der Waals surface area contributed by atoms with Gasteiger partial charge in [0.2, 0.25) is 0 Å². The van der Waals surface area contributed by atoms with Gasteiger partial charge in [0.05, 0.1) is 0 Å². The Bertz CT molecular complexity index is 339. The first-order valence-corrected chi connectivity index (χ1v) is 7.10. The molecule has 0 amide bonds. The Hall–Kier alpha value is -0.240. The van der Waals surface area contributed by atoms with Crippen molar-refractivity contribution in [2.24, 2.45) is 0 Å². The third kappa shape index (κ3) is 5.29. The molecule has 0 heterocycles. The van der Waals surface area contributed by atoms with Crippen LogP contribution < -0.4 is 5.32 Å². The molecule has 96 valence electrons. The summed E-state index contributed by atoms with van der Waals surface area (Å²) in [6.07, 6.45) is 4.61. The molecule has 3 heteroatoms. The molecule has 1 unspecified atom stereocenters. The van der Waals surface area contributed by atoms with E-state index in [2.05, 4.69) is 19.2 Å². The van der Waals surface area contributed by atoms with Crippen LogP contribution in [-0.4, -0.2) is 12.6 Å². The van der Waals surface area contributed by atoms with Gasteiger partial charge in [-0.15, -0.1) is 0 Å². The van der Waals surface area contributed by atoms with E-state index in [-0.39, 0.29) is 0 Å². The largest absolute Gasteiger partial charge is 0.314 e. The molecule has 0 saturated heterocycles. The lowest BCUT2D eigenvalue weighted by molar-refractivity contribution is 0.466. The van der Waals surface area contributed by atoms with E-state index >= 15 is 0 Å². The summed E-state index contributed by atoms with van der Waals surface area (Å²) in [5.74, 6) is 0. The maximum atomic E-state index is 6.13. The average Bonchev–Trinajstić information content (AvgIpc) is 2.30. The Morgan fingerprint density at radius 2 is 2.00 bits per heavy atom. The Labute approximate surface area is 115 Å². The van der Waals surface area contributed by atoms with Gasteiger partial charge in [-0.25, -0.2) is 0 Å². The zero-order valence-electron chi connectivity index (χ0n) is 10.6. The van der Waals surface area contributed by atoms with Crippen LogP contribution in [0.4, 0.5) is 0 Å². The van der Waals surface area contributed by atoms with Gasteiger partial charge in [-0.05, 0) is 43.5 Å². The smallest absolute Gasteiger partial charge is 0.0453 e. The molecule has 1 rings (SSSR count). The van der Waals surface area contributed by atoms with Crippen molar-refractivity contribution in [2.45, 2.75) is 45.6 Å². The van der Waals surface area contributed by atoms with Crippen LogP contribution in [0.5, 0.6) is 0 Å². The summed E-state index contributed by atoms with van der Waals surface area (Å²) in [6.45, 7) is 5.42. The molecule has 0 spiro atoms. The van der Waals surface area contributed by atoms with Gasteiger partial charge in [0, 0.05) is 16.1 Å². The normalized spacial score (nSPS) is 12.7. The molecular weight excluding hydrogens is 253 g/mol. The highest BCUT2D eigenvalue weighted by atomic mass is 35.5. The molecule has 1 aromatic carbocycles. The minimum atomic E-state index is 0.631. The summed E-state index contributed by atoms with van der Waals surface area (Å²) >= 11 is 12.0. The molecule has 0 fully saturated rings. The van der Waals surface area contributed by atoms with Crippen molar-refractivity contribution in [1.29, 1.82) is 0 Å². The third-order valence-corrected chi connectivity index (χ3v) is 3.56. The van der Waals surface area contributed by atoms with Gasteiger partial charge in [0.1, 0.15) is 0 Å². The molecule has 0 saturated carbocycles. The third-order valence-electron chi connectivity index (χ3n) is 2.97. The first-order valence-electron chi connectivity index (χ1n) is 6.34. The fourth-order valence-electron chi connectivity index (χ4n) is 1.93. The van der Waals surface area contributed by atoms with Crippen molar-refractivity contribution in [3.63, 3.8) is 0 Å². The highest BCUT2D eigenvalue weighted by Gasteiger charge is 2.05. The molecule has 17 heavy (non-hydrogen) atoms. The van der Waals surface area contributed by atoms with Crippen molar-refractivity contribution in [3.8, 4) is 0 Å². The summed E-state index contributed by atoms with van der Waals surface area (Å²) in [6, 6.07) is 6.34. The summed E-state index contributed by atoms with van der Waals surface area (Å²) < 4.78 is 0. The van der Waals surface area contributed by atoms with E-state index in [1.165, 1.54) is 19.3 Å².